The molecule has 1 amide bonds. The zero-order valence-corrected chi connectivity index (χ0v) is 15.6. The van der Waals surface area contributed by atoms with Crippen molar-refractivity contribution >= 4 is 68.7 Å². The standard InChI is InChI=1S/C17H13ClN2OS3/c18-12-8-4-5-9-13(12)19-15(22)14-16(21)20(17(23)24-14)10-11-6-2-1-3-7-11/h1-9,14H,10H2,(H,19,22). The number of hydrogen-bond donors (Lipinski definition) is 1. The number of thiocarbonyl (C=S) groups is 2. The van der Waals surface area contributed by atoms with Gasteiger partial charge in [0.2, 0.25) is 5.91 Å². The van der Waals surface area contributed by atoms with Crippen LogP contribution in [0, 0.1) is 0 Å². The molecule has 0 aliphatic carbocycles. The second-order valence-corrected chi connectivity index (χ2v) is 7.73. The number of rotatable bonds is 4. The maximum atomic E-state index is 12.7. The fourth-order valence-corrected chi connectivity index (χ4v) is 4.14. The number of anilines is 1. The summed E-state index contributed by atoms with van der Waals surface area (Å²) in [6.45, 7) is 0.455. The molecule has 2 aromatic carbocycles. The lowest BCUT2D eigenvalue weighted by Gasteiger charge is -2.16. The summed E-state index contributed by atoms with van der Waals surface area (Å²) in [5, 5.41) is 3.09. The van der Waals surface area contributed by atoms with Crippen LogP contribution in [0.2, 0.25) is 5.02 Å². The lowest BCUT2D eigenvalue weighted by atomic mass is 10.2. The summed E-state index contributed by atoms with van der Waals surface area (Å²) in [5.41, 5.74) is 1.71. The highest BCUT2D eigenvalue weighted by Crippen LogP contribution is 2.31. The number of carbonyl (C=O) groups excluding carboxylic acids is 1. The first kappa shape index (κ1) is 17.4. The SMILES string of the molecule is O=C1C(C(=S)Nc2ccccc2Cl)SC(=S)N1Cc1ccccc1. The molecule has 122 valence electrons. The molecule has 0 spiro atoms. The topological polar surface area (TPSA) is 32.3 Å². The molecule has 1 fully saturated rings. The lowest BCUT2D eigenvalue weighted by Crippen LogP contribution is -2.35. The number of halogens is 1. The Hall–Kier alpha value is -1.47. The van der Waals surface area contributed by atoms with Crippen LogP contribution in [0.15, 0.2) is 54.6 Å². The summed E-state index contributed by atoms with van der Waals surface area (Å²) in [4.78, 5) is 14.7. The molecule has 3 nitrogen and oxygen atoms in total. The van der Waals surface area contributed by atoms with E-state index in [0.717, 1.165) is 5.56 Å². The van der Waals surface area contributed by atoms with E-state index in [4.69, 9.17) is 36.0 Å². The highest BCUT2D eigenvalue weighted by atomic mass is 35.5. The summed E-state index contributed by atoms with van der Waals surface area (Å²) >= 11 is 18.2. The minimum atomic E-state index is -0.521. The van der Waals surface area contributed by atoms with E-state index < -0.39 is 5.25 Å². The molecule has 0 radical (unpaired) electrons. The molecule has 0 aromatic heterocycles. The molecule has 0 bridgehead atoms. The molecular formula is C17H13ClN2OS3. The van der Waals surface area contributed by atoms with E-state index >= 15 is 0 Å². The average molecular weight is 393 g/mol. The van der Waals surface area contributed by atoms with Crippen LogP contribution >= 0.6 is 47.8 Å². The molecule has 1 aliphatic rings. The van der Waals surface area contributed by atoms with Crippen LogP contribution in [0.1, 0.15) is 5.56 Å². The Bertz CT molecular complexity index is 797. The number of nitrogens with zero attached hydrogens (tertiary/aromatic N) is 1. The van der Waals surface area contributed by atoms with E-state index in [2.05, 4.69) is 5.32 Å². The third kappa shape index (κ3) is 3.78. The van der Waals surface area contributed by atoms with E-state index in [1.807, 2.05) is 48.5 Å². The van der Waals surface area contributed by atoms with Crippen molar-refractivity contribution in [2.75, 3.05) is 5.32 Å². The normalized spacial score (nSPS) is 17.2. The van der Waals surface area contributed by atoms with Gasteiger partial charge in [-0.15, -0.1) is 0 Å². The summed E-state index contributed by atoms with van der Waals surface area (Å²) in [6, 6.07) is 17.0. The molecule has 1 saturated heterocycles. The third-order valence-electron chi connectivity index (χ3n) is 3.48. The minimum absolute atomic E-state index is 0.0987. The van der Waals surface area contributed by atoms with Gasteiger partial charge in [-0.2, -0.15) is 0 Å². The third-order valence-corrected chi connectivity index (χ3v) is 5.90. The highest BCUT2D eigenvalue weighted by Gasteiger charge is 2.39. The molecule has 7 heteroatoms. The molecule has 3 rings (SSSR count). The van der Waals surface area contributed by atoms with Crippen LogP contribution in [0.5, 0.6) is 0 Å². The largest absolute Gasteiger partial charge is 0.347 e. The van der Waals surface area contributed by atoms with E-state index in [0.29, 0.717) is 26.6 Å². The number of carbonyl (C=O) groups is 1. The highest BCUT2D eigenvalue weighted by molar-refractivity contribution is 8.25. The number of thioether (sulfide) groups is 1. The summed E-state index contributed by atoms with van der Waals surface area (Å²) < 4.78 is 0.539. The van der Waals surface area contributed by atoms with Gasteiger partial charge < -0.3 is 5.32 Å². The van der Waals surface area contributed by atoms with Gasteiger partial charge in [0.25, 0.3) is 0 Å². The first-order valence-corrected chi connectivity index (χ1v) is 9.25. The van der Waals surface area contributed by atoms with Gasteiger partial charge >= 0.3 is 0 Å². The van der Waals surface area contributed by atoms with Crippen molar-refractivity contribution in [2.45, 2.75) is 11.8 Å². The fourth-order valence-electron chi connectivity index (χ4n) is 2.28. The van der Waals surface area contributed by atoms with Gasteiger partial charge in [-0.05, 0) is 17.7 Å². The Labute approximate surface area is 160 Å². The van der Waals surface area contributed by atoms with Gasteiger partial charge in [0.15, 0.2) is 0 Å². The van der Waals surface area contributed by atoms with Crippen LogP contribution in [-0.2, 0) is 11.3 Å². The summed E-state index contributed by atoms with van der Waals surface area (Å²) in [5.74, 6) is -0.0987. The molecular weight excluding hydrogens is 380 g/mol. The monoisotopic (exact) mass is 392 g/mol. The van der Waals surface area contributed by atoms with Gasteiger partial charge in [0.05, 0.1) is 17.3 Å². The fraction of sp³-hybridized carbons (Fsp3) is 0.118. The number of hydrogen-bond acceptors (Lipinski definition) is 4. The number of nitrogens with one attached hydrogen (secondary N) is 1. The predicted octanol–water partition coefficient (Wildman–Crippen LogP) is 4.51. The Morgan fingerprint density at radius 3 is 2.54 bits per heavy atom. The Balaban J connectivity index is 1.71. The van der Waals surface area contributed by atoms with Crippen molar-refractivity contribution < 1.29 is 4.79 Å². The van der Waals surface area contributed by atoms with E-state index in [1.165, 1.54) is 11.8 Å². The maximum absolute atomic E-state index is 12.7. The lowest BCUT2D eigenvalue weighted by molar-refractivity contribution is -0.125. The van der Waals surface area contributed by atoms with Gasteiger partial charge in [0, 0.05) is 0 Å². The quantitative estimate of drug-likeness (QED) is 0.774. The van der Waals surface area contributed by atoms with Gasteiger partial charge in [-0.1, -0.05) is 90.3 Å². The molecule has 1 aliphatic heterocycles. The first-order valence-electron chi connectivity index (χ1n) is 7.17. The first-order chi connectivity index (χ1) is 11.6. The van der Waals surface area contributed by atoms with Crippen molar-refractivity contribution in [1.82, 2.24) is 4.90 Å². The molecule has 24 heavy (non-hydrogen) atoms. The minimum Gasteiger partial charge on any atom is -0.347 e. The second kappa shape index (κ2) is 7.61. The Morgan fingerprint density at radius 1 is 1.17 bits per heavy atom. The van der Waals surface area contributed by atoms with Crippen molar-refractivity contribution in [3.8, 4) is 0 Å². The zero-order chi connectivity index (χ0) is 17.1. The van der Waals surface area contributed by atoms with Gasteiger partial charge in [-0.3, -0.25) is 9.69 Å². The van der Waals surface area contributed by atoms with Crippen LogP contribution < -0.4 is 5.32 Å². The molecule has 1 N–H and O–H groups in total. The van der Waals surface area contributed by atoms with Crippen molar-refractivity contribution in [3.05, 3.63) is 65.2 Å². The van der Waals surface area contributed by atoms with Crippen LogP contribution in [-0.4, -0.2) is 25.4 Å². The van der Waals surface area contributed by atoms with Crippen molar-refractivity contribution in [2.24, 2.45) is 0 Å². The predicted molar refractivity (Wildman–Crippen MR) is 109 cm³/mol. The van der Waals surface area contributed by atoms with E-state index in [9.17, 15) is 4.79 Å². The zero-order valence-electron chi connectivity index (χ0n) is 12.4. The molecule has 1 heterocycles. The molecule has 0 saturated carbocycles. The Kier molecular flexibility index (Phi) is 5.50. The molecule has 1 unspecified atom stereocenters. The molecule has 1 atom stereocenters. The van der Waals surface area contributed by atoms with Gasteiger partial charge in [0.1, 0.15) is 14.6 Å². The number of amides is 1. The van der Waals surface area contributed by atoms with Crippen molar-refractivity contribution in [1.29, 1.82) is 0 Å². The number of para-hydroxylation sites is 1. The van der Waals surface area contributed by atoms with Crippen LogP contribution in [0.3, 0.4) is 0 Å². The second-order valence-electron chi connectivity index (χ2n) is 5.14. The summed E-state index contributed by atoms with van der Waals surface area (Å²) in [7, 11) is 0. The Morgan fingerprint density at radius 2 is 1.83 bits per heavy atom. The van der Waals surface area contributed by atoms with Crippen LogP contribution in [0.4, 0.5) is 5.69 Å². The molecule has 2 aromatic rings. The average Bonchev–Trinajstić information content (AvgIpc) is 2.86. The van der Waals surface area contributed by atoms with Crippen molar-refractivity contribution in [3.63, 3.8) is 0 Å². The smallest absolute Gasteiger partial charge is 0.248 e. The maximum Gasteiger partial charge on any atom is 0.248 e. The summed E-state index contributed by atoms with van der Waals surface area (Å²) in [6.07, 6.45) is 0. The van der Waals surface area contributed by atoms with E-state index in [1.54, 1.807) is 11.0 Å². The van der Waals surface area contributed by atoms with E-state index in [-0.39, 0.29) is 5.91 Å². The number of benzene rings is 2. The van der Waals surface area contributed by atoms with Gasteiger partial charge in [-0.25, -0.2) is 0 Å². The van der Waals surface area contributed by atoms with Crippen LogP contribution in [0.25, 0.3) is 0 Å².